The largest absolute Gasteiger partial charge is 0.494 e. The van der Waals surface area contributed by atoms with E-state index in [4.69, 9.17) is 9.47 Å². The molecule has 0 aliphatic carbocycles. The van der Waals surface area contributed by atoms with E-state index in [0.29, 0.717) is 0 Å². The first-order chi connectivity index (χ1) is 14.5. The number of hydrogen-bond donors (Lipinski definition) is 1. The Labute approximate surface area is 182 Å². The van der Waals surface area contributed by atoms with Crippen LogP contribution in [0.1, 0.15) is 45.2 Å². The molecule has 0 radical (unpaired) electrons. The summed E-state index contributed by atoms with van der Waals surface area (Å²) in [5.74, 6) is -0.602. The molecule has 32 heavy (non-hydrogen) atoms. The number of alkyl halides is 6. The molecular formula is C19H25F6NO5S. The number of rotatable bonds is 8. The Morgan fingerprint density at radius 3 is 2.31 bits per heavy atom. The van der Waals surface area contributed by atoms with Crippen molar-refractivity contribution in [3.8, 4) is 11.5 Å². The molecule has 0 fully saturated rings. The SMILES string of the molecule is CCS(=O)(=O)N(CC(F)(F)F)[C@H]1c2cc(OCCCC(F)(F)F)ccc2OC(C)(C)[C@@H]1O. The fourth-order valence-corrected chi connectivity index (χ4v) is 4.57. The van der Waals surface area contributed by atoms with E-state index >= 15 is 0 Å². The molecule has 0 bridgehead atoms. The zero-order chi connectivity index (χ0) is 24.5. The second kappa shape index (κ2) is 9.26. The van der Waals surface area contributed by atoms with Crippen LogP contribution in [0.2, 0.25) is 0 Å². The summed E-state index contributed by atoms with van der Waals surface area (Å²) in [6, 6.07) is 2.19. The molecule has 0 saturated carbocycles. The van der Waals surface area contributed by atoms with Gasteiger partial charge in [0.25, 0.3) is 0 Å². The maximum atomic E-state index is 13.3. The Morgan fingerprint density at radius 1 is 1.16 bits per heavy atom. The fourth-order valence-electron chi connectivity index (χ4n) is 3.32. The molecule has 1 aliphatic heterocycles. The van der Waals surface area contributed by atoms with Crippen molar-refractivity contribution in [1.29, 1.82) is 0 Å². The predicted octanol–water partition coefficient (Wildman–Crippen LogP) is 4.19. The van der Waals surface area contributed by atoms with Gasteiger partial charge in [-0.2, -0.15) is 30.6 Å². The lowest BCUT2D eigenvalue weighted by Gasteiger charge is -2.45. The van der Waals surface area contributed by atoms with Gasteiger partial charge in [0.1, 0.15) is 29.7 Å². The lowest BCUT2D eigenvalue weighted by molar-refractivity contribution is -0.152. The van der Waals surface area contributed by atoms with Gasteiger partial charge >= 0.3 is 12.4 Å². The number of nitrogens with zero attached hydrogens (tertiary/aromatic N) is 1. The van der Waals surface area contributed by atoms with Crippen LogP contribution in [0.15, 0.2) is 18.2 Å². The highest BCUT2D eigenvalue weighted by Gasteiger charge is 2.51. The number of fused-ring (bicyclic) bond motifs is 1. The molecule has 0 aromatic heterocycles. The second-order valence-corrected chi connectivity index (χ2v) is 10.1. The third kappa shape index (κ3) is 6.64. The normalized spacial score (nSPS) is 21.2. The molecule has 1 aromatic carbocycles. The smallest absolute Gasteiger partial charge is 0.402 e. The number of ether oxygens (including phenoxy) is 2. The Balaban J connectivity index is 2.46. The molecule has 0 unspecified atom stereocenters. The Bertz CT molecular complexity index is 900. The van der Waals surface area contributed by atoms with Crippen LogP contribution in [-0.4, -0.2) is 60.8 Å². The highest BCUT2D eigenvalue weighted by molar-refractivity contribution is 7.89. The van der Waals surface area contributed by atoms with E-state index in [1.54, 1.807) is 0 Å². The van der Waals surface area contributed by atoms with Crippen LogP contribution >= 0.6 is 0 Å². The van der Waals surface area contributed by atoms with Gasteiger partial charge in [0.15, 0.2) is 0 Å². The summed E-state index contributed by atoms with van der Waals surface area (Å²) >= 11 is 0. The average Bonchev–Trinajstić information content (AvgIpc) is 2.63. The Hall–Kier alpha value is -1.73. The van der Waals surface area contributed by atoms with E-state index in [9.17, 15) is 39.9 Å². The summed E-state index contributed by atoms with van der Waals surface area (Å²) in [7, 11) is -4.44. The van der Waals surface area contributed by atoms with E-state index in [2.05, 4.69) is 0 Å². The molecule has 1 heterocycles. The number of aliphatic hydroxyl groups is 1. The van der Waals surface area contributed by atoms with E-state index in [-0.39, 0.29) is 34.4 Å². The van der Waals surface area contributed by atoms with Gasteiger partial charge < -0.3 is 14.6 Å². The first-order valence-corrected chi connectivity index (χ1v) is 11.3. The summed E-state index contributed by atoms with van der Waals surface area (Å²) < 4.78 is 113. The van der Waals surface area contributed by atoms with Crippen molar-refractivity contribution < 1.29 is 49.3 Å². The van der Waals surface area contributed by atoms with Crippen LogP contribution < -0.4 is 9.47 Å². The van der Waals surface area contributed by atoms with Crippen LogP contribution in [-0.2, 0) is 10.0 Å². The molecule has 2 atom stereocenters. The monoisotopic (exact) mass is 493 g/mol. The van der Waals surface area contributed by atoms with Crippen molar-refractivity contribution >= 4 is 10.0 Å². The third-order valence-electron chi connectivity index (χ3n) is 4.93. The van der Waals surface area contributed by atoms with Gasteiger partial charge in [-0.1, -0.05) is 0 Å². The highest BCUT2D eigenvalue weighted by atomic mass is 32.2. The quantitative estimate of drug-likeness (QED) is 0.434. The highest BCUT2D eigenvalue weighted by Crippen LogP contribution is 2.46. The molecule has 184 valence electrons. The minimum atomic E-state index is -4.89. The van der Waals surface area contributed by atoms with Gasteiger partial charge in [-0.3, -0.25) is 0 Å². The molecule has 6 nitrogen and oxygen atoms in total. The van der Waals surface area contributed by atoms with Gasteiger partial charge in [-0.05, 0) is 45.4 Å². The topological polar surface area (TPSA) is 76.1 Å². The zero-order valence-electron chi connectivity index (χ0n) is 17.6. The van der Waals surface area contributed by atoms with Crippen molar-refractivity contribution in [2.45, 2.75) is 63.7 Å². The number of hydrogen-bond acceptors (Lipinski definition) is 5. The van der Waals surface area contributed by atoms with Crippen LogP contribution in [0.5, 0.6) is 11.5 Å². The number of benzene rings is 1. The standard InChI is InChI=1S/C19H25F6NO5S/c1-4-32(28,29)26(11-19(23,24)25)15-13-10-12(30-9-5-8-18(20,21)22)6-7-14(13)31-17(2,3)16(15)27/h6-7,10,15-16,27H,4-5,8-9,11H2,1-3H3/t15-,16+/m0/s1. The fraction of sp³-hybridized carbons (Fsp3) is 0.684. The molecule has 0 amide bonds. The minimum Gasteiger partial charge on any atom is -0.494 e. The number of aliphatic hydroxyl groups excluding tert-OH is 1. The Kier molecular flexibility index (Phi) is 7.67. The molecule has 2 rings (SSSR count). The second-order valence-electron chi connectivity index (χ2n) is 7.92. The molecule has 0 saturated heterocycles. The van der Waals surface area contributed by atoms with E-state index in [1.807, 2.05) is 0 Å². The number of halogens is 6. The molecule has 1 aliphatic rings. The van der Waals surface area contributed by atoms with E-state index in [1.165, 1.54) is 39.0 Å². The van der Waals surface area contributed by atoms with Gasteiger partial charge in [-0.15, -0.1) is 0 Å². The summed E-state index contributed by atoms with van der Waals surface area (Å²) in [6.45, 7) is 1.82. The maximum absolute atomic E-state index is 13.3. The lowest BCUT2D eigenvalue weighted by Crippen LogP contribution is -2.56. The molecule has 0 spiro atoms. The molecule has 1 aromatic rings. The van der Waals surface area contributed by atoms with Gasteiger partial charge in [0.05, 0.1) is 18.4 Å². The average molecular weight is 493 g/mol. The van der Waals surface area contributed by atoms with Crippen molar-refractivity contribution in [1.82, 2.24) is 4.31 Å². The first-order valence-electron chi connectivity index (χ1n) is 9.74. The first kappa shape index (κ1) is 26.5. The summed E-state index contributed by atoms with van der Waals surface area (Å²) in [5.41, 5.74) is -1.51. The van der Waals surface area contributed by atoms with E-state index < -0.39 is 58.8 Å². The van der Waals surface area contributed by atoms with Gasteiger partial charge in [0.2, 0.25) is 10.0 Å². The van der Waals surface area contributed by atoms with Crippen LogP contribution in [0.3, 0.4) is 0 Å². The van der Waals surface area contributed by atoms with Gasteiger partial charge in [0, 0.05) is 12.0 Å². The van der Waals surface area contributed by atoms with Crippen LogP contribution in [0.4, 0.5) is 26.3 Å². The van der Waals surface area contributed by atoms with E-state index in [0.717, 1.165) is 0 Å². The molecular weight excluding hydrogens is 468 g/mol. The van der Waals surface area contributed by atoms with Crippen molar-refractivity contribution in [2.75, 3.05) is 18.9 Å². The molecule has 1 N–H and O–H groups in total. The maximum Gasteiger partial charge on any atom is 0.402 e. The van der Waals surface area contributed by atoms with Crippen molar-refractivity contribution in [3.63, 3.8) is 0 Å². The Morgan fingerprint density at radius 2 is 1.78 bits per heavy atom. The number of sulfonamides is 1. The summed E-state index contributed by atoms with van der Waals surface area (Å²) in [5, 5.41) is 10.8. The van der Waals surface area contributed by atoms with Crippen LogP contribution in [0, 0.1) is 0 Å². The minimum absolute atomic E-state index is 0.00675. The van der Waals surface area contributed by atoms with Crippen molar-refractivity contribution in [2.24, 2.45) is 0 Å². The van der Waals surface area contributed by atoms with Gasteiger partial charge in [-0.25, -0.2) is 8.42 Å². The third-order valence-corrected chi connectivity index (χ3v) is 6.73. The van der Waals surface area contributed by atoms with Crippen molar-refractivity contribution in [3.05, 3.63) is 23.8 Å². The zero-order valence-corrected chi connectivity index (χ0v) is 18.4. The van der Waals surface area contributed by atoms with Crippen LogP contribution in [0.25, 0.3) is 0 Å². The predicted molar refractivity (Wildman–Crippen MR) is 103 cm³/mol. The summed E-state index contributed by atoms with van der Waals surface area (Å²) in [6.07, 6.45) is -12.4. The molecule has 13 heteroatoms. The lowest BCUT2D eigenvalue weighted by atomic mass is 9.86. The summed E-state index contributed by atoms with van der Waals surface area (Å²) in [4.78, 5) is 0.